The van der Waals surface area contributed by atoms with Gasteiger partial charge in [-0.3, -0.25) is 14.9 Å². The number of hydrogen-bond donors (Lipinski definition) is 3. The highest BCUT2D eigenvalue weighted by atomic mass is 16.6. The van der Waals surface area contributed by atoms with Gasteiger partial charge in [0.2, 0.25) is 5.91 Å². The Bertz CT molecular complexity index is 523. The number of benzene rings is 1. The van der Waals surface area contributed by atoms with E-state index in [9.17, 15) is 20.0 Å². The molecule has 1 saturated heterocycles. The lowest BCUT2D eigenvalue weighted by atomic mass is 10.1. The van der Waals surface area contributed by atoms with Crippen LogP contribution in [0.3, 0.4) is 0 Å². The van der Waals surface area contributed by atoms with Crippen molar-refractivity contribution in [2.24, 2.45) is 0 Å². The maximum atomic E-state index is 11.8. The van der Waals surface area contributed by atoms with Gasteiger partial charge in [-0.1, -0.05) is 12.1 Å². The summed E-state index contributed by atoms with van der Waals surface area (Å²) in [5, 5.41) is 25.4. The van der Waals surface area contributed by atoms with Crippen molar-refractivity contribution in [3.05, 3.63) is 39.9 Å². The molecular weight excluding hydrogens is 262 g/mol. The standard InChI is InChI=1S/C13H17N3O4/c17-11-7-12(15-8-11)13(18)14-6-5-9-1-3-10(4-2-9)16(19)20/h1-4,11-12,15,17H,5-8H2,(H,14,18)/i5D. The molecule has 1 aromatic carbocycles. The van der Waals surface area contributed by atoms with Gasteiger partial charge < -0.3 is 15.7 Å². The molecule has 0 aromatic heterocycles. The van der Waals surface area contributed by atoms with Crippen molar-refractivity contribution in [2.45, 2.75) is 25.0 Å². The number of carbonyl (C=O) groups is 1. The first-order valence-corrected chi connectivity index (χ1v) is 6.33. The fraction of sp³-hybridized carbons (Fsp3) is 0.462. The zero-order valence-electron chi connectivity index (χ0n) is 11.8. The Hall–Kier alpha value is -1.99. The van der Waals surface area contributed by atoms with E-state index in [-0.39, 0.29) is 18.1 Å². The van der Waals surface area contributed by atoms with E-state index < -0.39 is 23.5 Å². The van der Waals surface area contributed by atoms with Gasteiger partial charge >= 0.3 is 0 Å². The van der Waals surface area contributed by atoms with Crippen LogP contribution in [0.1, 0.15) is 13.4 Å². The lowest BCUT2D eigenvalue weighted by molar-refractivity contribution is -0.384. The van der Waals surface area contributed by atoms with E-state index >= 15 is 0 Å². The molecule has 7 heteroatoms. The largest absolute Gasteiger partial charge is 0.392 e. The lowest BCUT2D eigenvalue weighted by Gasteiger charge is -2.10. The maximum Gasteiger partial charge on any atom is 0.269 e. The van der Waals surface area contributed by atoms with Crippen molar-refractivity contribution in [2.75, 3.05) is 13.1 Å². The first kappa shape index (κ1) is 13.0. The molecule has 0 spiro atoms. The summed E-state index contributed by atoms with van der Waals surface area (Å²) in [7, 11) is 0. The van der Waals surface area contributed by atoms with Crippen LogP contribution in [0.25, 0.3) is 0 Å². The summed E-state index contributed by atoms with van der Waals surface area (Å²) in [6.07, 6.45) is -0.838. The molecule has 20 heavy (non-hydrogen) atoms. The monoisotopic (exact) mass is 280 g/mol. The Morgan fingerprint density at radius 2 is 2.25 bits per heavy atom. The molecule has 0 radical (unpaired) electrons. The van der Waals surface area contributed by atoms with Gasteiger partial charge in [-0.2, -0.15) is 0 Å². The number of aliphatic hydroxyl groups is 1. The van der Waals surface area contributed by atoms with E-state index in [2.05, 4.69) is 10.6 Å². The summed E-state index contributed by atoms with van der Waals surface area (Å²) in [6.45, 7) is 0.510. The predicted octanol–water partition coefficient (Wildman–Crippen LogP) is -0.0237. The molecule has 1 amide bonds. The Morgan fingerprint density at radius 1 is 1.55 bits per heavy atom. The number of nitrogens with zero attached hydrogens (tertiary/aromatic N) is 1. The van der Waals surface area contributed by atoms with Gasteiger partial charge in [-0.05, 0) is 18.4 Å². The van der Waals surface area contributed by atoms with Crippen molar-refractivity contribution in [3.63, 3.8) is 0 Å². The molecule has 3 unspecified atom stereocenters. The molecule has 7 nitrogen and oxygen atoms in total. The number of nitrogens with one attached hydrogen (secondary N) is 2. The smallest absolute Gasteiger partial charge is 0.269 e. The molecule has 1 aliphatic heterocycles. The maximum absolute atomic E-state index is 11.8. The molecule has 1 fully saturated rings. The van der Waals surface area contributed by atoms with E-state index in [1.54, 1.807) is 0 Å². The van der Waals surface area contributed by atoms with Gasteiger partial charge in [0, 0.05) is 26.6 Å². The van der Waals surface area contributed by atoms with Gasteiger partial charge in [0.05, 0.1) is 17.1 Å². The van der Waals surface area contributed by atoms with Crippen LogP contribution >= 0.6 is 0 Å². The number of nitro groups is 1. The second kappa shape index (κ2) is 6.44. The lowest BCUT2D eigenvalue weighted by Crippen LogP contribution is -2.41. The fourth-order valence-corrected chi connectivity index (χ4v) is 2.04. The van der Waals surface area contributed by atoms with Gasteiger partial charge in [-0.25, -0.2) is 0 Å². The number of amides is 1. The van der Waals surface area contributed by atoms with Crippen LogP contribution in [0.4, 0.5) is 5.69 Å². The van der Waals surface area contributed by atoms with E-state index in [0.29, 0.717) is 18.5 Å². The summed E-state index contributed by atoms with van der Waals surface area (Å²) in [5.41, 5.74) is 0.569. The normalized spacial score (nSPS) is 23.9. The molecule has 0 bridgehead atoms. The fourth-order valence-electron chi connectivity index (χ4n) is 2.04. The van der Waals surface area contributed by atoms with E-state index in [1.807, 2.05) is 0 Å². The number of nitro benzene ring substituents is 1. The highest BCUT2D eigenvalue weighted by Crippen LogP contribution is 2.12. The van der Waals surface area contributed by atoms with E-state index in [1.165, 1.54) is 24.3 Å². The topological polar surface area (TPSA) is 104 Å². The number of hydrogen-bond acceptors (Lipinski definition) is 5. The average molecular weight is 280 g/mol. The predicted molar refractivity (Wildman–Crippen MR) is 72.2 cm³/mol. The number of aliphatic hydroxyl groups excluding tert-OH is 1. The SMILES string of the molecule is [2H]C(CNC(=O)C1CC(O)CN1)c1ccc([N+](=O)[O-])cc1. The Morgan fingerprint density at radius 3 is 2.80 bits per heavy atom. The molecule has 1 aliphatic rings. The van der Waals surface area contributed by atoms with Crippen molar-refractivity contribution < 1.29 is 16.2 Å². The van der Waals surface area contributed by atoms with Gasteiger partial charge in [0.15, 0.2) is 0 Å². The van der Waals surface area contributed by atoms with Crippen molar-refractivity contribution in [1.82, 2.24) is 10.6 Å². The Balaban J connectivity index is 1.85. The molecule has 3 N–H and O–H groups in total. The summed E-state index contributed by atoms with van der Waals surface area (Å²) in [4.78, 5) is 21.9. The van der Waals surface area contributed by atoms with E-state index in [0.717, 1.165) is 0 Å². The number of carbonyl (C=O) groups excluding carboxylic acids is 1. The minimum absolute atomic E-state index is 0.0286. The zero-order valence-corrected chi connectivity index (χ0v) is 10.8. The minimum atomic E-state index is -0.693. The van der Waals surface area contributed by atoms with Crippen LogP contribution in [0.15, 0.2) is 24.3 Å². The number of β-amino-alcohol motifs (C(OH)–C–C–N with tert-alkyl or cyclic N) is 1. The minimum Gasteiger partial charge on any atom is -0.392 e. The van der Waals surface area contributed by atoms with Crippen LogP contribution in [0, 0.1) is 10.1 Å². The van der Waals surface area contributed by atoms with Crippen molar-refractivity contribution in [1.29, 1.82) is 0 Å². The molecule has 0 aliphatic carbocycles. The highest BCUT2D eigenvalue weighted by molar-refractivity contribution is 5.82. The third kappa shape index (κ3) is 3.75. The summed E-state index contributed by atoms with van der Waals surface area (Å²) in [5.74, 6) is -0.245. The Labute approximate surface area is 117 Å². The van der Waals surface area contributed by atoms with Crippen LogP contribution < -0.4 is 10.6 Å². The quantitative estimate of drug-likeness (QED) is 0.519. The molecule has 108 valence electrons. The first-order valence-electron chi connectivity index (χ1n) is 6.91. The average Bonchev–Trinajstić information content (AvgIpc) is 2.91. The third-order valence-electron chi connectivity index (χ3n) is 3.14. The molecule has 0 saturated carbocycles. The summed E-state index contributed by atoms with van der Waals surface area (Å²) < 4.78 is 7.94. The number of non-ortho nitro benzene ring substituents is 1. The van der Waals surface area contributed by atoms with Crippen LogP contribution in [-0.4, -0.2) is 41.2 Å². The van der Waals surface area contributed by atoms with Gasteiger partial charge in [-0.15, -0.1) is 0 Å². The molecule has 3 atom stereocenters. The first-order chi connectivity index (χ1) is 9.97. The van der Waals surface area contributed by atoms with Crippen molar-refractivity contribution >= 4 is 11.6 Å². The molecule has 1 aromatic rings. The summed E-state index contributed by atoms with van der Waals surface area (Å²) >= 11 is 0. The highest BCUT2D eigenvalue weighted by Gasteiger charge is 2.27. The third-order valence-corrected chi connectivity index (χ3v) is 3.14. The van der Waals surface area contributed by atoms with Crippen LogP contribution in [-0.2, 0) is 11.2 Å². The number of rotatable bonds is 5. The molecule has 1 heterocycles. The molecular formula is C13H17N3O4. The zero-order chi connectivity index (χ0) is 15.4. The van der Waals surface area contributed by atoms with Gasteiger partial charge in [0.1, 0.15) is 0 Å². The van der Waals surface area contributed by atoms with Crippen molar-refractivity contribution in [3.8, 4) is 0 Å². The van der Waals surface area contributed by atoms with Gasteiger partial charge in [0.25, 0.3) is 5.69 Å². The van der Waals surface area contributed by atoms with Crippen LogP contribution in [0.2, 0.25) is 0 Å². The van der Waals surface area contributed by atoms with Crippen LogP contribution in [0.5, 0.6) is 0 Å². The molecule has 2 rings (SSSR count). The second-order valence-electron chi connectivity index (χ2n) is 4.65. The second-order valence-corrected chi connectivity index (χ2v) is 4.65. The summed E-state index contributed by atoms with van der Waals surface area (Å²) in [6, 6.07) is 5.28. The van der Waals surface area contributed by atoms with E-state index in [4.69, 9.17) is 1.37 Å². The Kier molecular flexibility index (Phi) is 4.19.